The van der Waals surface area contributed by atoms with E-state index in [1.807, 2.05) is 6.07 Å². The second kappa shape index (κ2) is 9.22. The van der Waals surface area contributed by atoms with E-state index in [0.29, 0.717) is 17.6 Å². The molecule has 1 amide bonds. The van der Waals surface area contributed by atoms with Crippen molar-refractivity contribution < 1.29 is 13.9 Å². The van der Waals surface area contributed by atoms with Crippen molar-refractivity contribution >= 4 is 23.5 Å². The first-order valence-electron chi connectivity index (χ1n) is 10.6. The van der Waals surface area contributed by atoms with E-state index in [2.05, 4.69) is 39.0 Å². The summed E-state index contributed by atoms with van der Waals surface area (Å²) >= 11 is 0. The van der Waals surface area contributed by atoms with Gasteiger partial charge >= 0.3 is 6.09 Å². The zero-order valence-electron chi connectivity index (χ0n) is 17.9. The van der Waals surface area contributed by atoms with E-state index < -0.39 is 6.09 Å². The Bertz CT molecular complexity index is 954. The van der Waals surface area contributed by atoms with Crippen molar-refractivity contribution in [1.82, 2.24) is 14.9 Å². The highest BCUT2D eigenvalue weighted by Crippen LogP contribution is 2.29. The predicted molar refractivity (Wildman–Crippen MR) is 115 cm³/mol. The van der Waals surface area contributed by atoms with E-state index in [1.54, 1.807) is 6.20 Å². The largest absolute Gasteiger partial charge is 0.420 e. The Hall–Kier alpha value is -3.32. The van der Waals surface area contributed by atoms with Gasteiger partial charge in [0.05, 0.1) is 6.20 Å². The highest BCUT2D eigenvalue weighted by atomic mass is 16.6. The maximum absolute atomic E-state index is 12.4. The minimum Gasteiger partial charge on any atom is -0.414 e. The number of nitrogens with one attached hydrogen (secondary N) is 1. The van der Waals surface area contributed by atoms with E-state index in [-0.39, 0.29) is 11.7 Å². The van der Waals surface area contributed by atoms with Crippen LogP contribution in [0.4, 0.5) is 22.2 Å². The van der Waals surface area contributed by atoms with E-state index in [1.165, 1.54) is 12.1 Å². The molecule has 0 saturated carbocycles. The summed E-state index contributed by atoms with van der Waals surface area (Å²) in [5.41, 5.74) is 0. The summed E-state index contributed by atoms with van der Waals surface area (Å²) in [5, 5.41) is 11.5. The van der Waals surface area contributed by atoms with Crippen LogP contribution in [-0.2, 0) is 0 Å². The van der Waals surface area contributed by atoms with Gasteiger partial charge in [-0.05, 0) is 31.9 Å². The minimum absolute atomic E-state index is 0.0515. The molecule has 0 aliphatic carbocycles. The summed E-state index contributed by atoms with van der Waals surface area (Å²) in [5.74, 6) is 2.50. The number of hydrogen-bond acceptors (Lipinski definition) is 9. The van der Waals surface area contributed by atoms with Crippen molar-refractivity contribution in [3.8, 4) is 12.0 Å². The zero-order valence-corrected chi connectivity index (χ0v) is 17.9. The van der Waals surface area contributed by atoms with Gasteiger partial charge in [-0.1, -0.05) is 6.92 Å². The smallest absolute Gasteiger partial charge is 0.414 e. The highest BCUT2D eigenvalue weighted by Gasteiger charge is 2.24. The molecule has 2 aromatic heterocycles. The number of carbonyl (C=O) groups excluding carboxylic acids is 1. The Kier molecular flexibility index (Phi) is 6.23. The Morgan fingerprint density at radius 3 is 2.61 bits per heavy atom. The number of furan rings is 1. The molecule has 0 unspecified atom stereocenters. The van der Waals surface area contributed by atoms with Crippen LogP contribution in [0.15, 0.2) is 22.7 Å². The molecule has 0 aromatic carbocycles. The molecule has 2 aliphatic rings. The molecule has 10 nitrogen and oxygen atoms in total. The molecule has 31 heavy (non-hydrogen) atoms. The normalized spacial score (nSPS) is 18.0. The molecular weight excluding hydrogens is 398 g/mol. The van der Waals surface area contributed by atoms with Gasteiger partial charge in [-0.25, -0.2) is 14.8 Å². The first kappa shape index (κ1) is 20.9. The topological polar surface area (TPSA) is 111 Å². The number of rotatable bonds is 4. The number of hydrogen-bond donors (Lipinski definition) is 1. The maximum atomic E-state index is 12.4. The van der Waals surface area contributed by atoms with Crippen LogP contribution in [0, 0.1) is 17.2 Å². The van der Waals surface area contributed by atoms with E-state index in [4.69, 9.17) is 19.4 Å². The maximum Gasteiger partial charge on any atom is 0.420 e. The first-order chi connectivity index (χ1) is 15.0. The Morgan fingerprint density at radius 1 is 1.19 bits per heavy atom. The predicted octanol–water partition coefficient (Wildman–Crippen LogP) is 2.54. The molecule has 0 spiro atoms. The van der Waals surface area contributed by atoms with Crippen molar-refractivity contribution in [2.24, 2.45) is 5.92 Å². The van der Waals surface area contributed by atoms with Crippen LogP contribution in [0.3, 0.4) is 0 Å². The number of nitrogens with zero attached hydrogens (tertiary/aromatic N) is 6. The van der Waals surface area contributed by atoms with Gasteiger partial charge in [-0.3, -0.25) is 5.32 Å². The molecule has 0 radical (unpaired) electrons. The molecule has 2 aromatic rings. The van der Waals surface area contributed by atoms with Crippen LogP contribution in [0.25, 0.3) is 0 Å². The third-order valence-corrected chi connectivity index (χ3v) is 5.76. The van der Waals surface area contributed by atoms with Crippen molar-refractivity contribution in [3.63, 3.8) is 0 Å². The molecule has 4 heterocycles. The van der Waals surface area contributed by atoms with Crippen molar-refractivity contribution in [2.75, 3.05) is 61.4 Å². The van der Waals surface area contributed by atoms with Gasteiger partial charge in [-0.2, -0.15) is 5.26 Å². The minimum atomic E-state index is -0.743. The molecule has 164 valence electrons. The number of anilines is 3. The summed E-state index contributed by atoms with van der Waals surface area (Å²) < 4.78 is 10.3. The second-order valence-corrected chi connectivity index (χ2v) is 8.11. The van der Waals surface area contributed by atoms with Crippen molar-refractivity contribution in [1.29, 1.82) is 5.26 Å². The number of piperazine rings is 1. The summed E-state index contributed by atoms with van der Waals surface area (Å²) in [7, 11) is 2.11. The second-order valence-electron chi connectivity index (χ2n) is 8.11. The summed E-state index contributed by atoms with van der Waals surface area (Å²) in [6.45, 7) is 7.67. The third kappa shape index (κ3) is 5.06. The van der Waals surface area contributed by atoms with Crippen LogP contribution >= 0.6 is 0 Å². The van der Waals surface area contributed by atoms with Gasteiger partial charge in [0.2, 0.25) is 5.76 Å². The SMILES string of the molecule is CC1CCN(c2nc(N3CCN(C)CC3)cnc2NC(=O)Oc2ccc(C#N)o2)CC1. The Labute approximate surface area is 181 Å². The number of ether oxygens (including phenoxy) is 1. The Morgan fingerprint density at radius 2 is 1.94 bits per heavy atom. The summed E-state index contributed by atoms with van der Waals surface area (Å²) in [6, 6.07) is 4.71. The molecule has 10 heteroatoms. The third-order valence-electron chi connectivity index (χ3n) is 5.76. The Balaban J connectivity index is 1.53. The van der Waals surface area contributed by atoms with Crippen LogP contribution in [0.1, 0.15) is 25.5 Å². The monoisotopic (exact) mass is 425 g/mol. The molecule has 0 atom stereocenters. The lowest BCUT2D eigenvalue weighted by molar-refractivity contribution is 0.201. The van der Waals surface area contributed by atoms with Crippen molar-refractivity contribution in [3.05, 3.63) is 24.1 Å². The molecular formula is C21H27N7O3. The summed E-state index contributed by atoms with van der Waals surface area (Å²) in [6.07, 6.45) is 3.07. The van der Waals surface area contributed by atoms with Gasteiger partial charge in [0.25, 0.3) is 5.95 Å². The van der Waals surface area contributed by atoms with Gasteiger partial charge in [0, 0.05) is 45.3 Å². The van der Waals surface area contributed by atoms with E-state index >= 15 is 0 Å². The van der Waals surface area contributed by atoms with Crippen LogP contribution in [0.5, 0.6) is 5.95 Å². The van der Waals surface area contributed by atoms with Crippen LogP contribution in [0.2, 0.25) is 0 Å². The van der Waals surface area contributed by atoms with Gasteiger partial charge < -0.3 is 23.9 Å². The number of aromatic nitrogens is 2. The first-order valence-corrected chi connectivity index (χ1v) is 10.6. The highest BCUT2D eigenvalue weighted by molar-refractivity contribution is 5.88. The van der Waals surface area contributed by atoms with Gasteiger partial charge in [0.1, 0.15) is 11.9 Å². The van der Waals surface area contributed by atoms with Gasteiger partial charge in [0.15, 0.2) is 11.6 Å². The number of amides is 1. The average molecular weight is 425 g/mol. The molecule has 2 aliphatic heterocycles. The number of nitriles is 1. The fourth-order valence-electron chi connectivity index (χ4n) is 3.74. The van der Waals surface area contributed by atoms with E-state index in [9.17, 15) is 4.79 Å². The van der Waals surface area contributed by atoms with Gasteiger partial charge in [-0.15, -0.1) is 0 Å². The standard InChI is InChI=1S/C21H27N7O3/c1-15-5-7-28(8-6-15)20-19(25-21(29)31-18-4-3-16(13-22)30-18)23-14-17(24-20)27-11-9-26(2)10-12-27/h3-4,14-15H,5-12H2,1-2H3,(H,23,25,29). The molecule has 2 saturated heterocycles. The zero-order chi connectivity index (χ0) is 21.8. The average Bonchev–Trinajstić information content (AvgIpc) is 3.23. The quantitative estimate of drug-likeness (QED) is 0.790. The lowest BCUT2D eigenvalue weighted by Crippen LogP contribution is -2.45. The van der Waals surface area contributed by atoms with E-state index in [0.717, 1.165) is 57.9 Å². The lowest BCUT2D eigenvalue weighted by atomic mass is 9.99. The molecule has 2 fully saturated rings. The molecule has 0 bridgehead atoms. The number of carbonyl (C=O) groups is 1. The number of piperidine rings is 1. The fourth-order valence-corrected chi connectivity index (χ4v) is 3.74. The summed E-state index contributed by atoms with van der Waals surface area (Å²) in [4.78, 5) is 28.5. The van der Waals surface area contributed by atoms with Crippen LogP contribution in [-0.4, -0.2) is 67.3 Å². The fraction of sp³-hybridized carbons (Fsp3) is 0.524. The number of likely N-dealkylation sites (N-methyl/N-ethyl adjacent to an activating group) is 1. The van der Waals surface area contributed by atoms with Crippen LogP contribution < -0.4 is 19.9 Å². The molecule has 1 N–H and O–H groups in total. The lowest BCUT2D eigenvalue weighted by Gasteiger charge is -2.35. The van der Waals surface area contributed by atoms with Crippen molar-refractivity contribution in [2.45, 2.75) is 19.8 Å². The molecule has 4 rings (SSSR count).